The Morgan fingerprint density at radius 3 is 2.05 bits per heavy atom. The zero-order chi connectivity index (χ0) is 14.9. The standard InChI is InChI=1S/C16H28N2O2/c1-5-12-14(19)17-13(11-9-10-11)15(20)18(12)16(6-2,7-3)8-4/h11-13H,5-10H2,1-4H3,(H,17,19). The van der Waals surface area contributed by atoms with Gasteiger partial charge in [0.1, 0.15) is 12.1 Å². The average molecular weight is 280 g/mol. The fourth-order valence-corrected chi connectivity index (χ4v) is 3.67. The first-order valence-corrected chi connectivity index (χ1v) is 8.18. The highest BCUT2D eigenvalue weighted by atomic mass is 16.2. The molecule has 0 aromatic rings. The molecule has 2 amide bonds. The summed E-state index contributed by atoms with van der Waals surface area (Å²) in [5.41, 5.74) is -0.164. The molecule has 0 spiro atoms. The fourth-order valence-electron chi connectivity index (χ4n) is 3.67. The summed E-state index contributed by atoms with van der Waals surface area (Å²) in [5.74, 6) is 0.572. The first-order valence-electron chi connectivity index (χ1n) is 8.18. The number of carbonyl (C=O) groups excluding carboxylic acids is 2. The molecule has 2 aliphatic rings. The van der Waals surface area contributed by atoms with E-state index in [1.807, 2.05) is 11.8 Å². The molecule has 1 saturated carbocycles. The van der Waals surface area contributed by atoms with Crippen molar-refractivity contribution in [1.29, 1.82) is 0 Å². The molecule has 1 aliphatic carbocycles. The Balaban J connectivity index is 2.37. The second kappa shape index (κ2) is 5.74. The molecule has 2 rings (SSSR count). The highest BCUT2D eigenvalue weighted by molar-refractivity contribution is 5.97. The van der Waals surface area contributed by atoms with Crippen molar-refractivity contribution in [1.82, 2.24) is 10.2 Å². The van der Waals surface area contributed by atoms with E-state index in [4.69, 9.17) is 0 Å². The van der Waals surface area contributed by atoms with E-state index in [0.717, 1.165) is 32.1 Å². The summed E-state index contributed by atoms with van der Waals surface area (Å²) in [4.78, 5) is 27.3. The van der Waals surface area contributed by atoms with Crippen LogP contribution >= 0.6 is 0 Å². The largest absolute Gasteiger partial charge is 0.342 e. The highest BCUT2D eigenvalue weighted by Crippen LogP contribution is 2.39. The highest BCUT2D eigenvalue weighted by Gasteiger charge is 2.51. The molecule has 0 aromatic heterocycles. The van der Waals surface area contributed by atoms with E-state index in [9.17, 15) is 9.59 Å². The van der Waals surface area contributed by atoms with Crippen LogP contribution in [0.4, 0.5) is 0 Å². The van der Waals surface area contributed by atoms with Crippen LogP contribution in [0.25, 0.3) is 0 Å². The number of hydrogen-bond donors (Lipinski definition) is 1. The van der Waals surface area contributed by atoms with E-state index >= 15 is 0 Å². The molecule has 4 heteroatoms. The minimum absolute atomic E-state index is 0.0451. The lowest BCUT2D eigenvalue weighted by molar-refractivity contribution is -0.159. The van der Waals surface area contributed by atoms with Crippen LogP contribution in [0, 0.1) is 5.92 Å². The smallest absolute Gasteiger partial charge is 0.246 e. The number of piperazine rings is 1. The van der Waals surface area contributed by atoms with Crippen LogP contribution < -0.4 is 5.32 Å². The normalized spacial score (nSPS) is 27.7. The summed E-state index contributed by atoms with van der Waals surface area (Å²) in [6.45, 7) is 8.39. The Hall–Kier alpha value is -1.06. The molecule has 4 nitrogen and oxygen atoms in total. The minimum Gasteiger partial charge on any atom is -0.342 e. The van der Waals surface area contributed by atoms with Gasteiger partial charge in [0.05, 0.1) is 0 Å². The van der Waals surface area contributed by atoms with Crippen molar-refractivity contribution >= 4 is 11.8 Å². The van der Waals surface area contributed by atoms with Gasteiger partial charge in [-0.2, -0.15) is 0 Å². The van der Waals surface area contributed by atoms with Crippen LogP contribution in [-0.4, -0.2) is 34.3 Å². The Bertz CT molecular complexity index is 378. The summed E-state index contributed by atoms with van der Waals surface area (Å²) in [6, 6.07) is -0.563. The number of nitrogens with one attached hydrogen (secondary N) is 1. The SMILES string of the molecule is CCC1C(=O)NC(C2CC2)C(=O)N1C(CC)(CC)CC. The molecule has 2 fully saturated rings. The molecule has 1 N–H and O–H groups in total. The molecule has 0 aromatic carbocycles. The predicted molar refractivity (Wildman–Crippen MR) is 79.2 cm³/mol. The molecular weight excluding hydrogens is 252 g/mol. The lowest BCUT2D eigenvalue weighted by atomic mass is 9.83. The predicted octanol–water partition coefficient (Wildman–Crippen LogP) is 2.47. The van der Waals surface area contributed by atoms with Gasteiger partial charge in [0.15, 0.2) is 0 Å². The zero-order valence-corrected chi connectivity index (χ0v) is 13.2. The van der Waals surface area contributed by atoms with Gasteiger partial charge >= 0.3 is 0 Å². The number of hydrogen-bond acceptors (Lipinski definition) is 2. The molecule has 0 bridgehead atoms. The van der Waals surface area contributed by atoms with Gasteiger partial charge in [0.25, 0.3) is 0 Å². The third kappa shape index (κ3) is 2.33. The monoisotopic (exact) mass is 280 g/mol. The number of rotatable bonds is 6. The van der Waals surface area contributed by atoms with Gasteiger partial charge < -0.3 is 10.2 Å². The molecule has 114 valence electrons. The van der Waals surface area contributed by atoms with Gasteiger partial charge in [0.2, 0.25) is 11.8 Å². The van der Waals surface area contributed by atoms with E-state index in [1.54, 1.807) is 0 Å². The van der Waals surface area contributed by atoms with Crippen LogP contribution in [0.2, 0.25) is 0 Å². The average Bonchev–Trinajstić information content (AvgIpc) is 3.29. The van der Waals surface area contributed by atoms with Crippen LogP contribution in [0.1, 0.15) is 66.2 Å². The van der Waals surface area contributed by atoms with Crippen molar-refractivity contribution in [3.8, 4) is 0 Å². The summed E-state index contributed by atoms with van der Waals surface area (Å²) >= 11 is 0. The van der Waals surface area contributed by atoms with Crippen LogP contribution in [0.15, 0.2) is 0 Å². The maximum atomic E-state index is 13.0. The molecule has 1 aliphatic heterocycles. The Labute approximate surface area is 122 Å². The summed E-state index contributed by atoms with van der Waals surface area (Å²) in [5, 5.41) is 2.97. The summed E-state index contributed by atoms with van der Waals surface area (Å²) in [6.07, 6.45) is 5.56. The molecule has 2 atom stereocenters. The van der Waals surface area contributed by atoms with E-state index in [1.165, 1.54) is 0 Å². The van der Waals surface area contributed by atoms with Gasteiger partial charge in [-0.1, -0.05) is 27.7 Å². The number of amides is 2. The van der Waals surface area contributed by atoms with Gasteiger partial charge in [-0.3, -0.25) is 9.59 Å². The van der Waals surface area contributed by atoms with E-state index in [2.05, 4.69) is 26.1 Å². The third-order valence-corrected chi connectivity index (χ3v) is 5.38. The van der Waals surface area contributed by atoms with Gasteiger partial charge in [0, 0.05) is 5.54 Å². The number of carbonyl (C=O) groups is 2. The number of nitrogens with zero attached hydrogens (tertiary/aromatic N) is 1. The Kier molecular flexibility index (Phi) is 4.40. The van der Waals surface area contributed by atoms with Gasteiger partial charge in [-0.05, 0) is 44.4 Å². The molecule has 1 saturated heterocycles. The summed E-state index contributed by atoms with van der Waals surface area (Å²) < 4.78 is 0. The van der Waals surface area contributed by atoms with Gasteiger partial charge in [-0.15, -0.1) is 0 Å². The maximum Gasteiger partial charge on any atom is 0.246 e. The first kappa shape index (κ1) is 15.3. The lowest BCUT2D eigenvalue weighted by Crippen LogP contribution is -2.69. The van der Waals surface area contributed by atoms with Crippen LogP contribution in [0.3, 0.4) is 0 Å². The van der Waals surface area contributed by atoms with Crippen molar-refractivity contribution in [3.63, 3.8) is 0 Å². The molecule has 1 heterocycles. The molecule has 0 radical (unpaired) electrons. The Morgan fingerprint density at radius 1 is 1.10 bits per heavy atom. The van der Waals surface area contributed by atoms with Crippen LogP contribution in [0.5, 0.6) is 0 Å². The van der Waals surface area contributed by atoms with Crippen LogP contribution in [-0.2, 0) is 9.59 Å². The van der Waals surface area contributed by atoms with E-state index < -0.39 is 0 Å². The third-order valence-electron chi connectivity index (χ3n) is 5.38. The second-order valence-corrected chi connectivity index (χ2v) is 6.24. The molecular formula is C16H28N2O2. The first-order chi connectivity index (χ1) is 9.54. The van der Waals surface area contributed by atoms with Crippen molar-refractivity contribution in [2.75, 3.05) is 0 Å². The van der Waals surface area contributed by atoms with Crippen molar-refractivity contribution in [2.24, 2.45) is 5.92 Å². The fraction of sp³-hybridized carbons (Fsp3) is 0.875. The quantitative estimate of drug-likeness (QED) is 0.812. The zero-order valence-electron chi connectivity index (χ0n) is 13.2. The van der Waals surface area contributed by atoms with E-state index in [-0.39, 0.29) is 29.4 Å². The minimum atomic E-state index is -0.294. The van der Waals surface area contributed by atoms with Crippen molar-refractivity contribution < 1.29 is 9.59 Å². The second-order valence-electron chi connectivity index (χ2n) is 6.24. The maximum absolute atomic E-state index is 13.0. The topological polar surface area (TPSA) is 49.4 Å². The summed E-state index contributed by atoms with van der Waals surface area (Å²) in [7, 11) is 0. The lowest BCUT2D eigenvalue weighted by Gasteiger charge is -2.50. The Morgan fingerprint density at radius 2 is 1.65 bits per heavy atom. The van der Waals surface area contributed by atoms with Gasteiger partial charge in [-0.25, -0.2) is 0 Å². The molecule has 20 heavy (non-hydrogen) atoms. The molecule has 2 unspecified atom stereocenters. The van der Waals surface area contributed by atoms with E-state index in [0.29, 0.717) is 12.3 Å². The van der Waals surface area contributed by atoms with Crippen molar-refractivity contribution in [3.05, 3.63) is 0 Å². The van der Waals surface area contributed by atoms with Crippen molar-refractivity contribution in [2.45, 2.75) is 83.8 Å².